The molecule has 0 spiro atoms. The van der Waals surface area contributed by atoms with Gasteiger partial charge in [-0.15, -0.1) is 0 Å². The fourth-order valence-electron chi connectivity index (χ4n) is 4.93. The molecule has 0 amide bonds. The van der Waals surface area contributed by atoms with Gasteiger partial charge in [-0.05, 0) is 37.1 Å². The van der Waals surface area contributed by atoms with Crippen LogP contribution in [0.5, 0.6) is 5.75 Å². The maximum Gasteiger partial charge on any atom is 0.341 e. The first-order valence-corrected chi connectivity index (χ1v) is 11.0. The van der Waals surface area contributed by atoms with E-state index in [0.717, 1.165) is 29.9 Å². The molecular formula is C24H22N4O5. The van der Waals surface area contributed by atoms with Crippen LogP contribution in [-0.4, -0.2) is 52.6 Å². The maximum absolute atomic E-state index is 12.9. The molecule has 0 bridgehead atoms. The molecule has 0 radical (unpaired) electrons. The lowest BCUT2D eigenvalue weighted by Crippen LogP contribution is -2.25. The summed E-state index contributed by atoms with van der Waals surface area (Å²) in [7, 11) is 1.58. The first-order valence-electron chi connectivity index (χ1n) is 11.0. The van der Waals surface area contributed by atoms with Crippen molar-refractivity contribution in [2.24, 2.45) is 11.1 Å². The number of anilines is 1. The Morgan fingerprint density at radius 2 is 2.06 bits per heavy atom. The molecule has 1 N–H and O–H groups in total. The van der Waals surface area contributed by atoms with Gasteiger partial charge in [-0.25, -0.2) is 4.79 Å². The van der Waals surface area contributed by atoms with Gasteiger partial charge in [-0.3, -0.25) is 9.78 Å². The molecule has 1 aliphatic carbocycles. The Hall–Kier alpha value is -3.88. The van der Waals surface area contributed by atoms with Crippen molar-refractivity contribution in [3.8, 4) is 5.75 Å². The molecule has 1 saturated heterocycles. The zero-order chi connectivity index (χ0) is 22.7. The Bertz CT molecular complexity index is 1360. The molecule has 2 fully saturated rings. The average molecular weight is 446 g/mol. The second-order valence-electron chi connectivity index (χ2n) is 8.68. The third-order valence-electron chi connectivity index (χ3n) is 6.67. The number of rotatable bonds is 5. The van der Waals surface area contributed by atoms with Crippen molar-refractivity contribution in [3.05, 3.63) is 64.2 Å². The summed E-state index contributed by atoms with van der Waals surface area (Å²) in [5, 5.41) is 14.2. The fraction of sp³-hybridized carbons (Fsp3) is 0.333. The molecule has 9 nitrogen and oxygen atoms in total. The first kappa shape index (κ1) is 19.8. The predicted octanol–water partition coefficient (Wildman–Crippen LogP) is 2.68. The van der Waals surface area contributed by atoms with Gasteiger partial charge in [0.15, 0.2) is 11.9 Å². The number of oxime groups is 1. The van der Waals surface area contributed by atoms with E-state index in [0.29, 0.717) is 29.7 Å². The highest BCUT2D eigenvalue weighted by Gasteiger charge is 2.44. The number of hydrogen-bond donors (Lipinski definition) is 1. The largest absolute Gasteiger partial charge is 0.492 e. The van der Waals surface area contributed by atoms with Gasteiger partial charge in [0.1, 0.15) is 11.3 Å². The molecule has 2 unspecified atom stereocenters. The minimum atomic E-state index is -1.22. The van der Waals surface area contributed by atoms with Crippen LogP contribution in [0.15, 0.2) is 52.7 Å². The van der Waals surface area contributed by atoms with E-state index in [2.05, 4.69) is 15.0 Å². The van der Waals surface area contributed by atoms with E-state index < -0.39 is 11.4 Å². The Morgan fingerprint density at radius 3 is 2.76 bits per heavy atom. The number of fused-ring (bicyclic) bond motifs is 2. The zero-order valence-electron chi connectivity index (χ0n) is 18.0. The summed E-state index contributed by atoms with van der Waals surface area (Å²) < 4.78 is 7.75. The minimum absolute atomic E-state index is 0.0697. The minimum Gasteiger partial charge on any atom is -0.492 e. The van der Waals surface area contributed by atoms with Crippen molar-refractivity contribution in [1.29, 1.82) is 0 Å². The van der Waals surface area contributed by atoms with Crippen molar-refractivity contribution in [1.82, 2.24) is 9.55 Å². The Labute approximate surface area is 188 Å². The van der Waals surface area contributed by atoms with Gasteiger partial charge in [0.25, 0.3) is 0 Å². The zero-order valence-corrected chi connectivity index (χ0v) is 18.0. The number of carboxylic acid groups (broad SMARTS) is 1. The molecule has 9 heteroatoms. The Morgan fingerprint density at radius 1 is 1.21 bits per heavy atom. The van der Waals surface area contributed by atoms with Crippen molar-refractivity contribution in [3.63, 3.8) is 0 Å². The number of carboxylic acids is 1. The smallest absolute Gasteiger partial charge is 0.341 e. The molecule has 3 aliphatic rings. The molecule has 168 valence electrons. The van der Waals surface area contributed by atoms with Gasteiger partial charge < -0.3 is 24.1 Å². The SMILES string of the molecule is COc1c(N2CC3ON=C(c4ccccn4)C3C2)ccc2c(=O)c(C(=O)O)cn(C3CC3)c12. The number of hydrogen-bond acceptors (Lipinski definition) is 7. The fourth-order valence-corrected chi connectivity index (χ4v) is 4.93. The van der Waals surface area contributed by atoms with E-state index >= 15 is 0 Å². The highest BCUT2D eigenvalue weighted by atomic mass is 16.6. The van der Waals surface area contributed by atoms with Gasteiger partial charge in [0.2, 0.25) is 5.43 Å². The van der Waals surface area contributed by atoms with E-state index in [4.69, 9.17) is 9.57 Å². The molecule has 2 aliphatic heterocycles. The Balaban J connectivity index is 1.43. The van der Waals surface area contributed by atoms with Crippen LogP contribution in [-0.2, 0) is 4.84 Å². The van der Waals surface area contributed by atoms with E-state index in [9.17, 15) is 14.7 Å². The molecule has 6 rings (SSSR count). The summed E-state index contributed by atoms with van der Waals surface area (Å²) in [6.07, 6.45) is 4.99. The van der Waals surface area contributed by atoms with E-state index in [1.165, 1.54) is 6.20 Å². The van der Waals surface area contributed by atoms with Crippen LogP contribution in [0.3, 0.4) is 0 Å². The molecule has 33 heavy (non-hydrogen) atoms. The lowest BCUT2D eigenvalue weighted by molar-refractivity contribution is 0.0694. The summed E-state index contributed by atoms with van der Waals surface area (Å²) in [4.78, 5) is 36.9. The van der Waals surface area contributed by atoms with E-state index in [1.807, 2.05) is 28.8 Å². The highest BCUT2D eigenvalue weighted by Crippen LogP contribution is 2.44. The van der Waals surface area contributed by atoms with Crippen molar-refractivity contribution in [2.75, 3.05) is 25.1 Å². The van der Waals surface area contributed by atoms with Gasteiger partial charge >= 0.3 is 5.97 Å². The third kappa shape index (κ3) is 3.06. The Kier molecular flexibility index (Phi) is 4.39. The molecule has 1 saturated carbocycles. The second-order valence-corrected chi connectivity index (χ2v) is 8.68. The van der Waals surface area contributed by atoms with Crippen LogP contribution in [0.1, 0.15) is 34.9 Å². The highest BCUT2D eigenvalue weighted by molar-refractivity contribution is 6.02. The van der Waals surface area contributed by atoms with Crippen LogP contribution >= 0.6 is 0 Å². The molecule has 2 atom stereocenters. The number of aromatic carboxylic acids is 1. The summed E-state index contributed by atoms with van der Waals surface area (Å²) in [6.45, 7) is 1.29. The van der Waals surface area contributed by atoms with Gasteiger partial charge in [0.05, 0.1) is 41.9 Å². The first-order chi connectivity index (χ1) is 16.1. The quantitative estimate of drug-likeness (QED) is 0.642. The number of nitrogens with zero attached hydrogens (tertiary/aromatic N) is 4. The van der Waals surface area contributed by atoms with Gasteiger partial charge in [-0.2, -0.15) is 0 Å². The van der Waals surface area contributed by atoms with Crippen molar-refractivity contribution in [2.45, 2.75) is 25.0 Å². The van der Waals surface area contributed by atoms with Crippen LogP contribution in [0.25, 0.3) is 10.9 Å². The molecule has 4 heterocycles. The van der Waals surface area contributed by atoms with Crippen molar-refractivity contribution < 1.29 is 19.5 Å². The second kappa shape index (κ2) is 7.33. The number of pyridine rings is 2. The third-order valence-corrected chi connectivity index (χ3v) is 6.67. The number of ether oxygens (including phenoxy) is 1. The summed E-state index contributed by atoms with van der Waals surface area (Å²) >= 11 is 0. The summed E-state index contributed by atoms with van der Waals surface area (Å²) in [5.74, 6) is -0.574. The van der Waals surface area contributed by atoms with Crippen molar-refractivity contribution >= 4 is 28.3 Å². The summed E-state index contributed by atoms with van der Waals surface area (Å²) in [5.41, 5.74) is 2.42. The molecular weight excluding hydrogens is 424 g/mol. The van der Waals surface area contributed by atoms with Gasteiger partial charge in [0, 0.05) is 25.0 Å². The number of benzene rings is 1. The lowest BCUT2D eigenvalue weighted by Gasteiger charge is -2.24. The van der Waals surface area contributed by atoms with Crippen LogP contribution < -0.4 is 15.1 Å². The molecule has 1 aromatic carbocycles. The monoisotopic (exact) mass is 446 g/mol. The average Bonchev–Trinajstić information content (AvgIpc) is 3.46. The molecule has 3 aromatic rings. The predicted molar refractivity (Wildman–Crippen MR) is 121 cm³/mol. The number of methoxy groups -OCH3 is 1. The maximum atomic E-state index is 12.9. The lowest BCUT2D eigenvalue weighted by atomic mass is 9.98. The normalized spacial score (nSPS) is 21.6. The molecule has 2 aromatic heterocycles. The topological polar surface area (TPSA) is 106 Å². The van der Waals surface area contributed by atoms with E-state index in [1.54, 1.807) is 19.4 Å². The van der Waals surface area contributed by atoms with Crippen LogP contribution in [0, 0.1) is 5.92 Å². The standard InChI is InChI=1S/C24H22N4O5/c1-32-23-18(27-10-15-19(12-27)33-26-20(15)17-4-2-3-9-25-17)8-7-14-21(23)28(13-5-6-13)11-16(22(14)29)24(30)31/h2-4,7-9,11,13,15,19H,5-6,10,12H2,1H3,(H,30,31). The number of aromatic nitrogens is 2. The summed E-state index contributed by atoms with van der Waals surface area (Å²) in [6, 6.07) is 9.44. The van der Waals surface area contributed by atoms with Gasteiger partial charge in [-0.1, -0.05) is 11.2 Å². The van der Waals surface area contributed by atoms with E-state index in [-0.39, 0.29) is 23.6 Å². The number of carbonyl (C=O) groups is 1. The van der Waals surface area contributed by atoms with Crippen LogP contribution in [0.2, 0.25) is 0 Å². The van der Waals surface area contributed by atoms with Crippen LogP contribution in [0.4, 0.5) is 5.69 Å².